The molecule has 2 bridgehead atoms. The molecular weight excluding hydrogens is 388 g/mol. The maximum absolute atomic E-state index is 13.9. The molecule has 3 fully saturated rings. The number of nitrogens with zero attached hydrogens (tertiary/aromatic N) is 2. The Balaban J connectivity index is 2.10. The Labute approximate surface area is 177 Å². The van der Waals surface area contributed by atoms with E-state index in [0.717, 1.165) is 12.8 Å². The Morgan fingerprint density at radius 2 is 2.13 bits per heavy atom. The molecule has 30 heavy (non-hydrogen) atoms. The van der Waals surface area contributed by atoms with E-state index in [2.05, 4.69) is 6.58 Å². The average Bonchev–Trinajstić information content (AvgIpc) is 3.17. The summed E-state index contributed by atoms with van der Waals surface area (Å²) in [7, 11) is 0. The van der Waals surface area contributed by atoms with Crippen LogP contribution in [0.15, 0.2) is 12.7 Å². The smallest absolute Gasteiger partial charge is 0.310 e. The number of hydrogen-bond acceptors (Lipinski definition) is 5. The largest absolute Gasteiger partial charge is 0.481 e. The number of aliphatic hydroxyl groups is 1. The maximum atomic E-state index is 13.9. The molecule has 0 saturated carbocycles. The van der Waals surface area contributed by atoms with Crippen LogP contribution in [0.2, 0.25) is 0 Å². The minimum atomic E-state index is -1.19. The number of carboxylic acid groups (broad SMARTS) is 1. The fourth-order valence-corrected chi connectivity index (χ4v) is 6.10. The Bertz CT molecular complexity index is 741. The van der Waals surface area contributed by atoms with E-state index in [-0.39, 0.29) is 31.0 Å². The van der Waals surface area contributed by atoms with Crippen LogP contribution in [0.3, 0.4) is 0 Å². The second-order valence-corrected chi connectivity index (χ2v) is 9.21. The zero-order valence-corrected chi connectivity index (χ0v) is 18.3. The molecule has 0 aliphatic carbocycles. The monoisotopic (exact) mass is 422 g/mol. The molecule has 3 saturated heterocycles. The number of aliphatic hydroxyl groups excluding tert-OH is 1. The number of ether oxygens (including phenoxy) is 1. The molecule has 3 aliphatic heterocycles. The van der Waals surface area contributed by atoms with Crippen molar-refractivity contribution in [2.24, 2.45) is 17.8 Å². The molecule has 3 heterocycles. The minimum absolute atomic E-state index is 0.0294. The summed E-state index contributed by atoms with van der Waals surface area (Å²) in [6, 6.07) is -1.01. The van der Waals surface area contributed by atoms with Crippen LogP contribution in [-0.2, 0) is 19.1 Å². The second-order valence-electron chi connectivity index (χ2n) is 9.21. The van der Waals surface area contributed by atoms with Gasteiger partial charge in [0, 0.05) is 19.1 Å². The molecule has 0 aromatic rings. The van der Waals surface area contributed by atoms with Gasteiger partial charge in [-0.3, -0.25) is 14.4 Å². The molecule has 168 valence electrons. The van der Waals surface area contributed by atoms with Gasteiger partial charge < -0.3 is 24.7 Å². The van der Waals surface area contributed by atoms with E-state index in [1.54, 1.807) is 17.9 Å². The van der Waals surface area contributed by atoms with Gasteiger partial charge in [-0.25, -0.2) is 0 Å². The zero-order chi connectivity index (χ0) is 22.4. The van der Waals surface area contributed by atoms with Crippen molar-refractivity contribution in [2.75, 3.05) is 19.7 Å². The van der Waals surface area contributed by atoms with Crippen molar-refractivity contribution >= 4 is 17.8 Å². The molecule has 3 aliphatic rings. The van der Waals surface area contributed by atoms with Gasteiger partial charge in [0.15, 0.2) is 0 Å². The van der Waals surface area contributed by atoms with Crippen molar-refractivity contribution in [3.63, 3.8) is 0 Å². The molecule has 8 nitrogen and oxygen atoms in total. The first-order valence-electron chi connectivity index (χ1n) is 10.9. The Kier molecular flexibility index (Phi) is 6.04. The summed E-state index contributed by atoms with van der Waals surface area (Å²) in [5, 5.41) is 19.6. The predicted molar refractivity (Wildman–Crippen MR) is 109 cm³/mol. The molecule has 0 aromatic heterocycles. The first kappa shape index (κ1) is 22.7. The van der Waals surface area contributed by atoms with Crippen molar-refractivity contribution in [2.45, 2.75) is 70.2 Å². The Morgan fingerprint density at radius 3 is 2.67 bits per heavy atom. The molecule has 4 unspecified atom stereocenters. The highest BCUT2D eigenvalue weighted by Gasteiger charge is 2.80. The van der Waals surface area contributed by atoms with E-state index >= 15 is 0 Å². The summed E-state index contributed by atoms with van der Waals surface area (Å²) in [5.74, 6) is -3.82. The van der Waals surface area contributed by atoms with Gasteiger partial charge >= 0.3 is 5.97 Å². The highest BCUT2D eigenvalue weighted by Crippen LogP contribution is 2.65. The van der Waals surface area contributed by atoms with Crippen LogP contribution in [0.4, 0.5) is 0 Å². The van der Waals surface area contributed by atoms with Crippen molar-refractivity contribution in [3.05, 3.63) is 12.7 Å². The van der Waals surface area contributed by atoms with Gasteiger partial charge in [0.25, 0.3) is 0 Å². The molecule has 0 radical (unpaired) electrons. The summed E-state index contributed by atoms with van der Waals surface area (Å²) in [4.78, 5) is 42.5. The zero-order valence-electron chi connectivity index (χ0n) is 18.3. The number of carboxylic acids is 1. The van der Waals surface area contributed by atoms with Crippen molar-refractivity contribution in [1.29, 1.82) is 0 Å². The highest BCUT2D eigenvalue weighted by molar-refractivity contribution is 5.98. The Hall–Kier alpha value is -1.93. The first-order valence-corrected chi connectivity index (χ1v) is 10.9. The molecule has 0 aromatic carbocycles. The normalized spacial score (nSPS) is 37.9. The topological polar surface area (TPSA) is 107 Å². The van der Waals surface area contributed by atoms with Crippen molar-refractivity contribution in [1.82, 2.24) is 9.80 Å². The van der Waals surface area contributed by atoms with Crippen LogP contribution in [0.1, 0.15) is 47.0 Å². The maximum Gasteiger partial charge on any atom is 0.310 e. The van der Waals surface area contributed by atoms with E-state index < -0.39 is 41.0 Å². The average molecular weight is 423 g/mol. The SMILES string of the molecule is C=CCN(C(=O)C1N(CCO)C(=O)[C@@H]2[C@H](C(=O)O)[C@@]3(C)OC12CC3C)C(C)CCC. The lowest BCUT2D eigenvalue weighted by atomic mass is 9.62. The van der Waals surface area contributed by atoms with E-state index in [1.165, 1.54) is 4.90 Å². The van der Waals surface area contributed by atoms with Gasteiger partial charge in [-0.1, -0.05) is 26.3 Å². The quantitative estimate of drug-likeness (QED) is 0.542. The lowest BCUT2D eigenvalue weighted by Crippen LogP contribution is -2.58. The summed E-state index contributed by atoms with van der Waals surface area (Å²) >= 11 is 0. The van der Waals surface area contributed by atoms with Gasteiger partial charge in [-0.05, 0) is 32.6 Å². The summed E-state index contributed by atoms with van der Waals surface area (Å²) in [5.41, 5.74) is -2.19. The fraction of sp³-hybridized carbons (Fsp3) is 0.773. The summed E-state index contributed by atoms with van der Waals surface area (Å²) in [6.07, 6.45) is 3.78. The van der Waals surface area contributed by atoms with Crippen LogP contribution >= 0.6 is 0 Å². The summed E-state index contributed by atoms with van der Waals surface area (Å²) in [6.45, 7) is 11.4. The molecule has 8 heteroatoms. The number of aliphatic carboxylic acids is 1. The molecule has 2 amide bonds. The third kappa shape index (κ3) is 2.99. The molecule has 1 spiro atoms. The van der Waals surface area contributed by atoms with Crippen LogP contribution in [0, 0.1) is 17.8 Å². The van der Waals surface area contributed by atoms with Gasteiger partial charge in [0.1, 0.15) is 17.6 Å². The van der Waals surface area contributed by atoms with Crippen LogP contribution in [-0.4, -0.2) is 80.8 Å². The molecule has 7 atom stereocenters. The number of likely N-dealkylation sites (tertiary alicyclic amines) is 1. The third-order valence-corrected chi connectivity index (χ3v) is 7.50. The van der Waals surface area contributed by atoms with E-state index in [1.807, 2.05) is 20.8 Å². The van der Waals surface area contributed by atoms with Gasteiger partial charge in [0.05, 0.1) is 18.1 Å². The molecule has 3 rings (SSSR count). The van der Waals surface area contributed by atoms with E-state index in [0.29, 0.717) is 13.0 Å². The predicted octanol–water partition coefficient (Wildman–Crippen LogP) is 1.28. The second kappa shape index (κ2) is 7.96. The van der Waals surface area contributed by atoms with Gasteiger partial charge in [0.2, 0.25) is 11.8 Å². The first-order chi connectivity index (χ1) is 14.1. The number of fused-ring (bicyclic) bond motifs is 1. The lowest BCUT2D eigenvalue weighted by molar-refractivity contribution is -0.158. The Morgan fingerprint density at radius 1 is 1.47 bits per heavy atom. The number of carbonyl (C=O) groups excluding carboxylic acids is 2. The molecule has 2 N–H and O–H groups in total. The molecular formula is C22H34N2O6. The van der Waals surface area contributed by atoms with E-state index in [4.69, 9.17) is 4.74 Å². The van der Waals surface area contributed by atoms with Crippen molar-refractivity contribution < 1.29 is 29.3 Å². The standard InChI is InChI=1S/C22H34N2O6/c1-6-8-14(4)23(9-7-2)19(27)17-22-12-13(3)21(5,30-22)16(20(28)29)15(22)18(26)24(17)10-11-25/h7,13-17,25H,2,6,8-12H2,1,3-5H3,(H,28,29)/t13?,14?,15-,16+,17?,21-,22?/m0/s1. The van der Waals surface area contributed by atoms with Crippen LogP contribution < -0.4 is 0 Å². The minimum Gasteiger partial charge on any atom is -0.481 e. The number of hydrogen-bond donors (Lipinski definition) is 2. The van der Waals surface area contributed by atoms with Crippen molar-refractivity contribution in [3.8, 4) is 0 Å². The van der Waals surface area contributed by atoms with E-state index in [9.17, 15) is 24.6 Å². The number of carbonyl (C=O) groups is 3. The lowest BCUT2D eigenvalue weighted by Gasteiger charge is -2.39. The number of rotatable bonds is 9. The van der Waals surface area contributed by atoms with Crippen LogP contribution in [0.5, 0.6) is 0 Å². The number of amides is 2. The third-order valence-electron chi connectivity index (χ3n) is 7.50. The van der Waals surface area contributed by atoms with Gasteiger partial charge in [-0.15, -0.1) is 6.58 Å². The number of β-amino-alcohol motifs (C(OH)–C–C–N with tert-alkyl or cyclic N) is 1. The highest BCUT2D eigenvalue weighted by atomic mass is 16.5. The van der Waals surface area contributed by atoms with Crippen LogP contribution in [0.25, 0.3) is 0 Å². The summed E-state index contributed by atoms with van der Waals surface area (Å²) < 4.78 is 6.41. The fourth-order valence-electron chi connectivity index (χ4n) is 6.10. The van der Waals surface area contributed by atoms with Gasteiger partial charge in [-0.2, -0.15) is 0 Å².